The van der Waals surface area contributed by atoms with Crippen LogP contribution in [0.25, 0.3) is 0 Å². The molecule has 0 spiro atoms. The fourth-order valence-electron chi connectivity index (χ4n) is 3.90. The zero-order chi connectivity index (χ0) is 26.6. The van der Waals surface area contributed by atoms with Gasteiger partial charge in [0.2, 0.25) is 0 Å². The maximum atomic E-state index is 13.5. The lowest BCUT2D eigenvalue weighted by atomic mass is 10.1. The number of rotatable bonds is 8. The van der Waals surface area contributed by atoms with Crippen LogP contribution < -0.4 is 5.32 Å². The number of carbonyl (C=O) groups excluding carboxylic acids is 2. The molecule has 12 heteroatoms. The Hall–Kier alpha value is -3.22. The average molecular weight is 551 g/mol. The number of alkyl halides is 3. The van der Waals surface area contributed by atoms with Gasteiger partial charge in [0.25, 0.3) is 5.91 Å². The Morgan fingerprint density at radius 1 is 1.16 bits per heavy atom. The number of carbonyl (C=O) groups is 2. The van der Waals surface area contributed by atoms with Gasteiger partial charge in [-0.25, -0.2) is 9.80 Å². The molecule has 0 unspecified atom stereocenters. The second kappa shape index (κ2) is 11.4. The molecule has 1 aliphatic rings. The summed E-state index contributed by atoms with van der Waals surface area (Å²) in [6.45, 7) is 1.98. The summed E-state index contributed by atoms with van der Waals surface area (Å²) < 4.78 is 43.7. The third kappa shape index (κ3) is 6.38. The quantitative estimate of drug-likeness (QED) is 0.374. The molecule has 2 aromatic heterocycles. The predicted octanol–water partition coefficient (Wildman–Crippen LogP) is 6.00. The standard InChI is InChI=1S/C25H25F3N4O3S2/c1-16-9-13-37-23(16)20-14-19(21-4-3-12-36-21)30-32(20)22(33)15-31(10-11-35-2)24(34)29-18-7-5-17(6-8-18)25(26,27)28/h3-9,12-13,20H,10-11,14-15H2,1-2H3,(H,29,34)/t20-/m0/s1. The first kappa shape index (κ1) is 26.8. The molecule has 1 aromatic carbocycles. The number of benzene rings is 1. The van der Waals surface area contributed by atoms with E-state index in [9.17, 15) is 22.8 Å². The maximum Gasteiger partial charge on any atom is 0.416 e. The molecule has 3 amide bonds. The van der Waals surface area contributed by atoms with Gasteiger partial charge in [-0.15, -0.1) is 22.7 Å². The minimum absolute atomic E-state index is 0.104. The molecule has 37 heavy (non-hydrogen) atoms. The van der Waals surface area contributed by atoms with Crippen molar-refractivity contribution in [3.8, 4) is 0 Å². The molecule has 0 saturated carbocycles. The highest BCUT2D eigenvalue weighted by Gasteiger charge is 2.36. The van der Waals surface area contributed by atoms with Crippen molar-refractivity contribution in [1.82, 2.24) is 9.91 Å². The van der Waals surface area contributed by atoms with Crippen LogP contribution in [0.1, 0.15) is 33.3 Å². The van der Waals surface area contributed by atoms with E-state index >= 15 is 0 Å². The second-order valence-electron chi connectivity index (χ2n) is 8.37. The molecule has 196 valence electrons. The number of anilines is 1. The number of halogens is 3. The van der Waals surface area contributed by atoms with Gasteiger partial charge >= 0.3 is 12.2 Å². The lowest BCUT2D eigenvalue weighted by Gasteiger charge is -2.27. The summed E-state index contributed by atoms with van der Waals surface area (Å²) in [5.41, 5.74) is 1.23. The van der Waals surface area contributed by atoms with Gasteiger partial charge in [-0.2, -0.15) is 18.3 Å². The van der Waals surface area contributed by atoms with Crippen molar-refractivity contribution in [3.05, 3.63) is 74.1 Å². The normalized spacial score (nSPS) is 15.5. The van der Waals surface area contributed by atoms with Crippen molar-refractivity contribution < 1.29 is 27.5 Å². The SMILES string of the molecule is COCCN(CC(=O)N1N=C(c2cccs2)C[C@H]1c1sccc1C)C(=O)Nc1ccc(C(F)(F)F)cc1. The lowest BCUT2D eigenvalue weighted by molar-refractivity contribution is -0.137. The van der Waals surface area contributed by atoms with E-state index in [1.807, 2.05) is 35.9 Å². The first-order chi connectivity index (χ1) is 17.7. The van der Waals surface area contributed by atoms with Gasteiger partial charge in [0.15, 0.2) is 0 Å². The Labute approximate surface area is 220 Å². The summed E-state index contributed by atoms with van der Waals surface area (Å²) in [5.74, 6) is -0.372. The summed E-state index contributed by atoms with van der Waals surface area (Å²) >= 11 is 3.10. The molecule has 1 aliphatic heterocycles. The van der Waals surface area contributed by atoms with Crippen LogP contribution >= 0.6 is 22.7 Å². The number of nitrogens with one attached hydrogen (secondary N) is 1. The van der Waals surface area contributed by atoms with Crippen LogP contribution in [0, 0.1) is 6.92 Å². The molecule has 0 radical (unpaired) electrons. The number of urea groups is 1. The summed E-state index contributed by atoms with van der Waals surface area (Å²) in [4.78, 5) is 29.8. The zero-order valence-electron chi connectivity index (χ0n) is 20.1. The molecular weight excluding hydrogens is 525 g/mol. The average Bonchev–Trinajstić information content (AvgIpc) is 3.61. The van der Waals surface area contributed by atoms with Gasteiger partial charge in [0.1, 0.15) is 6.54 Å². The Morgan fingerprint density at radius 2 is 1.92 bits per heavy atom. The van der Waals surface area contributed by atoms with Crippen LogP contribution in [0.5, 0.6) is 0 Å². The third-order valence-electron chi connectivity index (χ3n) is 5.82. The van der Waals surface area contributed by atoms with Gasteiger partial charge in [-0.1, -0.05) is 6.07 Å². The Bertz CT molecular complexity index is 1260. The van der Waals surface area contributed by atoms with Crippen LogP contribution in [0.4, 0.5) is 23.7 Å². The summed E-state index contributed by atoms with van der Waals surface area (Å²) in [6, 6.07) is 9.08. The van der Waals surface area contributed by atoms with Crippen molar-refractivity contribution in [2.24, 2.45) is 5.10 Å². The third-order valence-corrected chi connectivity index (χ3v) is 7.86. The number of amides is 3. The van der Waals surface area contributed by atoms with E-state index < -0.39 is 17.8 Å². The maximum absolute atomic E-state index is 13.5. The predicted molar refractivity (Wildman–Crippen MR) is 138 cm³/mol. The fraction of sp³-hybridized carbons (Fsp3) is 0.320. The summed E-state index contributed by atoms with van der Waals surface area (Å²) in [6.07, 6.45) is -3.92. The van der Waals surface area contributed by atoms with E-state index in [-0.39, 0.29) is 37.3 Å². The monoisotopic (exact) mass is 550 g/mol. The highest BCUT2D eigenvalue weighted by atomic mass is 32.1. The molecule has 3 heterocycles. The number of nitrogens with zero attached hydrogens (tertiary/aromatic N) is 3. The molecule has 0 aliphatic carbocycles. The van der Waals surface area contributed by atoms with Crippen molar-refractivity contribution in [2.75, 3.05) is 32.1 Å². The number of hydrazone groups is 1. The molecule has 0 saturated heterocycles. The first-order valence-corrected chi connectivity index (χ1v) is 13.1. The number of hydrogen-bond donors (Lipinski definition) is 1. The van der Waals surface area contributed by atoms with E-state index in [1.165, 1.54) is 29.2 Å². The van der Waals surface area contributed by atoms with Gasteiger partial charge in [-0.3, -0.25) is 4.79 Å². The molecule has 1 N–H and O–H groups in total. The Morgan fingerprint density at radius 3 is 2.51 bits per heavy atom. The highest BCUT2D eigenvalue weighted by molar-refractivity contribution is 7.12. The van der Waals surface area contributed by atoms with Crippen molar-refractivity contribution in [2.45, 2.75) is 25.6 Å². The Balaban J connectivity index is 1.52. The van der Waals surface area contributed by atoms with Crippen LogP contribution in [0.15, 0.2) is 58.3 Å². The van der Waals surface area contributed by atoms with Crippen molar-refractivity contribution in [1.29, 1.82) is 0 Å². The van der Waals surface area contributed by atoms with Gasteiger partial charge in [0, 0.05) is 30.6 Å². The Kier molecular flexibility index (Phi) is 8.30. The molecule has 4 rings (SSSR count). The summed E-state index contributed by atoms with van der Waals surface area (Å²) in [5, 5.41) is 12.6. The zero-order valence-corrected chi connectivity index (χ0v) is 21.8. The van der Waals surface area contributed by atoms with Crippen LogP contribution in [0.3, 0.4) is 0 Å². The van der Waals surface area contributed by atoms with E-state index in [0.29, 0.717) is 6.42 Å². The summed E-state index contributed by atoms with van der Waals surface area (Å²) in [7, 11) is 1.47. The number of thiophene rings is 2. The number of hydrogen-bond acceptors (Lipinski definition) is 6. The van der Waals surface area contributed by atoms with Gasteiger partial charge < -0.3 is 15.0 Å². The van der Waals surface area contributed by atoms with Gasteiger partial charge in [-0.05, 0) is 59.6 Å². The number of aryl methyl sites for hydroxylation is 1. The molecule has 0 fully saturated rings. The highest BCUT2D eigenvalue weighted by Crippen LogP contribution is 2.38. The fourth-order valence-corrected chi connectivity index (χ4v) is 5.63. The molecule has 0 bridgehead atoms. The molecular formula is C25H25F3N4O3S2. The number of methoxy groups -OCH3 is 1. The topological polar surface area (TPSA) is 74.2 Å². The van der Waals surface area contributed by atoms with E-state index in [1.54, 1.807) is 22.7 Å². The molecule has 3 aromatic rings. The van der Waals surface area contributed by atoms with E-state index in [4.69, 9.17) is 4.74 Å². The van der Waals surface area contributed by atoms with Crippen molar-refractivity contribution >= 4 is 46.0 Å². The second-order valence-corrected chi connectivity index (χ2v) is 10.3. The van der Waals surface area contributed by atoms with Gasteiger partial charge in [0.05, 0.1) is 28.8 Å². The smallest absolute Gasteiger partial charge is 0.383 e. The van der Waals surface area contributed by atoms with E-state index in [2.05, 4.69) is 10.4 Å². The first-order valence-electron chi connectivity index (χ1n) is 11.4. The van der Waals surface area contributed by atoms with E-state index in [0.717, 1.165) is 33.2 Å². The van der Waals surface area contributed by atoms with Crippen LogP contribution in [-0.4, -0.2) is 54.4 Å². The minimum atomic E-state index is -4.48. The molecule has 1 atom stereocenters. The molecule has 7 nitrogen and oxygen atoms in total. The van der Waals surface area contributed by atoms with Crippen molar-refractivity contribution in [3.63, 3.8) is 0 Å². The number of ether oxygens (including phenoxy) is 1. The van der Waals surface area contributed by atoms with Crippen LogP contribution in [0.2, 0.25) is 0 Å². The largest absolute Gasteiger partial charge is 0.416 e. The minimum Gasteiger partial charge on any atom is -0.383 e. The van der Waals surface area contributed by atoms with Crippen LogP contribution in [-0.2, 0) is 15.7 Å². The lowest BCUT2D eigenvalue weighted by Crippen LogP contribution is -2.44.